The number of nitrogens with zero attached hydrogens (tertiary/aromatic N) is 2. The first-order valence-corrected chi connectivity index (χ1v) is 12.0. The van der Waals surface area contributed by atoms with Gasteiger partial charge in [-0.05, 0) is 54.1 Å². The molecule has 2 aliphatic rings. The lowest BCUT2D eigenvalue weighted by Crippen LogP contribution is -2.48. The summed E-state index contributed by atoms with van der Waals surface area (Å²) in [6.07, 6.45) is 0. The molecule has 0 spiro atoms. The Hall–Kier alpha value is -3.17. The molecular formula is C24H23FN2O5S. The van der Waals surface area contributed by atoms with Crippen LogP contribution in [0.5, 0.6) is 11.5 Å². The Kier molecular flexibility index (Phi) is 6.15. The summed E-state index contributed by atoms with van der Waals surface area (Å²) < 4.78 is 42.0. The summed E-state index contributed by atoms with van der Waals surface area (Å²) in [6, 6.07) is 14.8. The van der Waals surface area contributed by atoms with E-state index in [4.69, 9.17) is 13.9 Å². The molecule has 1 saturated heterocycles. The number of piperazine rings is 1. The molecule has 0 unspecified atom stereocenters. The highest BCUT2D eigenvalue weighted by Gasteiger charge is 2.25. The van der Waals surface area contributed by atoms with Gasteiger partial charge in [0.1, 0.15) is 11.6 Å². The Balaban J connectivity index is 1.14. The van der Waals surface area contributed by atoms with E-state index in [1.807, 2.05) is 18.2 Å². The third-order valence-corrected chi connectivity index (χ3v) is 7.07. The highest BCUT2D eigenvalue weighted by atomic mass is 32.2. The molecule has 2 aliphatic heterocycles. The number of ether oxygens (including phenoxy) is 2. The van der Waals surface area contributed by atoms with Crippen LogP contribution >= 0.6 is 0 Å². The number of fused-ring (bicyclic) bond motifs is 1. The van der Waals surface area contributed by atoms with Gasteiger partial charge in [0.15, 0.2) is 17.3 Å². The van der Waals surface area contributed by atoms with Gasteiger partial charge in [-0.15, -0.1) is 0 Å². The molecule has 1 fully saturated rings. The molecule has 172 valence electrons. The lowest BCUT2D eigenvalue weighted by Gasteiger charge is -2.34. The quantitative estimate of drug-likeness (QED) is 0.550. The van der Waals surface area contributed by atoms with Crippen LogP contribution in [-0.4, -0.2) is 52.9 Å². The highest BCUT2D eigenvalue weighted by Crippen LogP contribution is 2.32. The molecule has 3 aromatic rings. The maximum absolute atomic E-state index is 13.1. The zero-order chi connectivity index (χ0) is 22.8. The van der Waals surface area contributed by atoms with Crippen molar-refractivity contribution in [2.45, 2.75) is 17.2 Å². The second-order valence-corrected chi connectivity index (χ2v) is 9.42. The summed E-state index contributed by atoms with van der Waals surface area (Å²) in [6.45, 7) is 3.74. The van der Waals surface area contributed by atoms with Gasteiger partial charge >= 0.3 is 0 Å². The van der Waals surface area contributed by atoms with Crippen LogP contribution in [0.15, 0.2) is 63.9 Å². The molecule has 9 heteroatoms. The molecule has 3 heterocycles. The molecule has 5 rings (SSSR count). The maximum Gasteiger partial charge on any atom is 0.289 e. The lowest BCUT2D eigenvalue weighted by molar-refractivity contribution is 0.0596. The molecule has 33 heavy (non-hydrogen) atoms. The van der Waals surface area contributed by atoms with Crippen LogP contribution in [0.25, 0.3) is 0 Å². The Bertz CT molecular complexity index is 1170. The minimum Gasteiger partial charge on any atom is -0.455 e. The van der Waals surface area contributed by atoms with Gasteiger partial charge in [0.2, 0.25) is 6.79 Å². The SMILES string of the molecule is O=C(c1ccc(C[S@@](=O)c2ccc(F)cc2)o1)N1CCN(Cc2ccc3c(c2)OCO3)CC1. The first kappa shape index (κ1) is 21.7. The molecule has 0 aliphatic carbocycles. The number of furan rings is 1. The smallest absolute Gasteiger partial charge is 0.289 e. The molecule has 1 atom stereocenters. The average Bonchev–Trinajstić information content (AvgIpc) is 3.49. The molecule has 0 bridgehead atoms. The number of hydrogen-bond donors (Lipinski definition) is 0. The molecule has 0 radical (unpaired) electrons. The molecule has 2 aromatic carbocycles. The Morgan fingerprint density at radius 2 is 1.70 bits per heavy atom. The summed E-state index contributed by atoms with van der Waals surface area (Å²) in [5.74, 6) is 1.83. The van der Waals surface area contributed by atoms with E-state index in [9.17, 15) is 13.4 Å². The van der Waals surface area contributed by atoms with E-state index in [-0.39, 0.29) is 30.0 Å². The first-order chi connectivity index (χ1) is 16.0. The number of halogens is 1. The van der Waals surface area contributed by atoms with Crippen molar-refractivity contribution in [2.75, 3.05) is 33.0 Å². The van der Waals surface area contributed by atoms with E-state index in [1.54, 1.807) is 17.0 Å². The minimum atomic E-state index is -1.38. The molecule has 0 N–H and O–H groups in total. The van der Waals surface area contributed by atoms with Gasteiger partial charge in [-0.1, -0.05) is 6.07 Å². The summed E-state index contributed by atoms with van der Waals surface area (Å²) in [5.41, 5.74) is 1.14. The van der Waals surface area contributed by atoms with Crippen molar-refractivity contribution < 1.29 is 27.3 Å². The average molecular weight is 471 g/mol. The molecular weight excluding hydrogens is 447 g/mol. The third-order valence-electron chi connectivity index (χ3n) is 5.72. The van der Waals surface area contributed by atoms with Crippen molar-refractivity contribution in [3.8, 4) is 11.5 Å². The van der Waals surface area contributed by atoms with Gasteiger partial charge in [0.05, 0.1) is 16.6 Å². The summed E-state index contributed by atoms with van der Waals surface area (Å²) >= 11 is 0. The third kappa shape index (κ3) is 4.94. The van der Waals surface area contributed by atoms with Gasteiger partial charge in [-0.2, -0.15) is 0 Å². The standard InChI is InChI=1S/C24H23FN2O5S/c25-18-2-5-20(6-3-18)33(29)15-19-4-8-22(32-19)24(28)27-11-9-26(10-12-27)14-17-1-7-21-23(13-17)31-16-30-21/h1-8,13H,9-12,14-16H2/t33-/m1/s1. The topological polar surface area (TPSA) is 72.2 Å². The van der Waals surface area contributed by atoms with E-state index < -0.39 is 10.8 Å². The van der Waals surface area contributed by atoms with Crippen LogP contribution in [0.4, 0.5) is 4.39 Å². The van der Waals surface area contributed by atoms with Crippen molar-refractivity contribution in [1.82, 2.24) is 9.80 Å². The summed E-state index contributed by atoms with van der Waals surface area (Å²) in [5, 5.41) is 0. The zero-order valence-corrected chi connectivity index (χ0v) is 18.7. The van der Waals surface area contributed by atoms with Crippen molar-refractivity contribution in [1.29, 1.82) is 0 Å². The van der Waals surface area contributed by atoms with Gasteiger partial charge in [-0.25, -0.2) is 4.39 Å². The van der Waals surface area contributed by atoms with Crippen molar-refractivity contribution in [2.24, 2.45) is 0 Å². The Labute approximate surface area is 193 Å². The Morgan fingerprint density at radius 1 is 0.939 bits per heavy atom. The van der Waals surface area contributed by atoms with Gasteiger partial charge < -0.3 is 18.8 Å². The number of carbonyl (C=O) groups excluding carboxylic acids is 1. The molecule has 1 aromatic heterocycles. The van der Waals surface area contributed by atoms with Gasteiger partial charge in [-0.3, -0.25) is 13.9 Å². The van der Waals surface area contributed by atoms with Gasteiger partial charge in [0.25, 0.3) is 5.91 Å². The van der Waals surface area contributed by atoms with Crippen LogP contribution in [0.1, 0.15) is 21.9 Å². The fourth-order valence-corrected chi connectivity index (χ4v) is 4.95. The van der Waals surface area contributed by atoms with Crippen molar-refractivity contribution in [3.63, 3.8) is 0 Å². The normalized spacial score (nSPS) is 16.7. The van der Waals surface area contributed by atoms with E-state index >= 15 is 0 Å². The van der Waals surface area contributed by atoms with Crippen LogP contribution < -0.4 is 9.47 Å². The lowest BCUT2D eigenvalue weighted by atomic mass is 10.1. The van der Waals surface area contributed by atoms with E-state index in [0.717, 1.165) is 36.7 Å². The highest BCUT2D eigenvalue weighted by molar-refractivity contribution is 7.84. The monoisotopic (exact) mass is 470 g/mol. The number of hydrogen-bond acceptors (Lipinski definition) is 6. The second kappa shape index (κ2) is 9.36. The van der Waals surface area contributed by atoms with E-state index in [1.165, 1.54) is 24.3 Å². The number of carbonyl (C=O) groups is 1. The zero-order valence-electron chi connectivity index (χ0n) is 17.9. The van der Waals surface area contributed by atoms with E-state index in [0.29, 0.717) is 23.7 Å². The Morgan fingerprint density at radius 3 is 2.48 bits per heavy atom. The van der Waals surface area contributed by atoms with Gasteiger partial charge in [0, 0.05) is 37.6 Å². The van der Waals surface area contributed by atoms with E-state index in [2.05, 4.69) is 4.90 Å². The molecule has 0 saturated carbocycles. The molecule has 1 amide bonds. The first-order valence-electron chi connectivity index (χ1n) is 10.7. The minimum absolute atomic E-state index is 0.127. The summed E-state index contributed by atoms with van der Waals surface area (Å²) in [4.78, 5) is 17.4. The number of rotatable bonds is 6. The van der Waals surface area contributed by atoms with Crippen LogP contribution in [-0.2, 0) is 23.1 Å². The van der Waals surface area contributed by atoms with Crippen LogP contribution in [0, 0.1) is 5.82 Å². The van der Waals surface area contributed by atoms with Crippen LogP contribution in [0.2, 0.25) is 0 Å². The fourth-order valence-electron chi connectivity index (χ4n) is 3.93. The van der Waals surface area contributed by atoms with Crippen LogP contribution in [0.3, 0.4) is 0 Å². The largest absolute Gasteiger partial charge is 0.455 e. The van der Waals surface area contributed by atoms with Crippen molar-refractivity contribution in [3.05, 3.63) is 77.5 Å². The predicted molar refractivity (Wildman–Crippen MR) is 119 cm³/mol. The summed E-state index contributed by atoms with van der Waals surface area (Å²) in [7, 11) is -1.38. The maximum atomic E-state index is 13.1. The fraction of sp³-hybridized carbons (Fsp3) is 0.292. The second-order valence-electron chi connectivity index (χ2n) is 7.97. The number of benzene rings is 2. The molecule has 7 nitrogen and oxygen atoms in total. The number of amides is 1. The van der Waals surface area contributed by atoms with Crippen molar-refractivity contribution >= 4 is 16.7 Å². The predicted octanol–water partition coefficient (Wildman–Crippen LogP) is 3.41.